The van der Waals surface area contributed by atoms with Crippen molar-refractivity contribution < 1.29 is 34.8 Å². The number of carbonyl (C=O) groups excluding carboxylic acids is 3. The molecule has 6 N–H and O–H groups in total. The third kappa shape index (κ3) is 2.56. The molecule has 0 saturated heterocycles. The molecule has 0 spiro atoms. The van der Waals surface area contributed by atoms with Gasteiger partial charge in [0, 0.05) is 12.3 Å². The van der Waals surface area contributed by atoms with Gasteiger partial charge in [-0.2, -0.15) is 0 Å². The molecule has 1 fully saturated rings. The third-order valence-electron chi connectivity index (χ3n) is 7.35. The van der Waals surface area contributed by atoms with E-state index in [4.69, 9.17) is 5.73 Å². The number of benzene rings is 2. The molecule has 0 heterocycles. The molecule has 166 valence electrons. The van der Waals surface area contributed by atoms with Gasteiger partial charge < -0.3 is 26.2 Å². The van der Waals surface area contributed by atoms with Crippen LogP contribution in [-0.4, -0.2) is 43.5 Å². The maximum Gasteiger partial charge on any atom is 0.255 e. The first kappa shape index (κ1) is 20.5. The second-order valence-corrected chi connectivity index (χ2v) is 9.05. The fourth-order valence-corrected chi connectivity index (χ4v) is 5.77. The van der Waals surface area contributed by atoms with Crippen molar-refractivity contribution in [3.05, 3.63) is 46.2 Å². The SMILES string of the molecule is NC(=O)C1=C(O)C2(O)C(=O)c3c(cc4c(C5CCCC5)ccc(O)c4c3O)CC2CC1=O. The monoisotopic (exact) mass is 437 g/mol. The fourth-order valence-electron chi connectivity index (χ4n) is 5.77. The summed E-state index contributed by atoms with van der Waals surface area (Å²) in [4.78, 5) is 37.5. The van der Waals surface area contributed by atoms with E-state index in [1.807, 2.05) is 6.07 Å². The van der Waals surface area contributed by atoms with Crippen molar-refractivity contribution in [1.82, 2.24) is 0 Å². The van der Waals surface area contributed by atoms with Gasteiger partial charge >= 0.3 is 0 Å². The topological polar surface area (TPSA) is 158 Å². The molecular formula is C24H23NO7. The van der Waals surface area contributed by atoms with Crippen LogP contribution in [-0.2, 0) is 16.0 Å². The number of nitrogens with two attached hydrogens (primary N) is 1. The smallest absolute Gasteiger partial charge is 0.255 e. The highest BCUT2D eigenvalue weighted by Crippen LogP contribution is 2.50. The van der Waals surface area contributed by atoms with E-state index in [9.17, 15) is 34.8 Å². The van der Waals surface area contributed by atoms with Gasteiger partial charge in [-0.1, -0.05) is 18.9 Å². The Kier molecular flexibility index (Phi) is 4.36. The average molecular weight is 437 g/mol. The molecule has 2 unspecified atom stereocenters. The number of primary amides is 1. The first-order chi connectivity index (χ1) is 15.2. The second-order valence-electron chi connectivity index (χ2n) is 9.05. The number of amides is 1. The Morgan fingerprint density at radius 1 is 1.06 bits per heavy atom. The minimum absolute atomic E-state index is 0.0165. The van der Waals surface area contributed by atoms with Gasteiger partial charge in [-0.3, -0.25) is 14.4 Å². The van der Waals surface area contributed by atoms with Crippen molar-refractivity contribution in [1.29, 1.82) is 0 Å². The van der Waals surface area contributed by atoms with Crippen LogP contribution < -0.4 is 5.73 Å². The van der Waals surface area contributed by atoms with Gasteiger partial charge in [0.15, 0.2) is 11.4 Å². The highest BCUT2D eigenvalue weighted by molar-refractivity contribution is 6.23. The molecule has 0 bridgehead atoms. The van der Waals surface area contributed by atoms with Crippen molar-refractivity contribution in [3.8, 4) is 11.5 Å². The molecule has 1 amide bonds. The second kappa shape index (κ2) is 6.80. The standard InChI is InChI=1S/C24H23NO7/c25-23(31)19-16(27)9-12-7-11-8-14-13(10-3-1-2-4-10)5-6-15(26)18(14)20(28)17(11)21(29)24(12,32)22(19)30/h5-6,8,10,12,26,28,30,32H,1-4,7,9H2,(H2,25,31). The summed E-state index contributed by atoms with van der Waals surface area (Å²) in [7, 11) is 0. The number of phenols is 2. The van der Waals surface area contributed by atoms with Crippen molar-refractivity contribution in [3.63, 3.8) is 0 Å². The zero-order valence-corrected chi connectivity index (χ0v) is 17.2. The molecule has 5 rings (SSSR count). The number of phenolic OH excluding ortho intramolecular Hbond substituents is 2. The van der Waals surface area contributed by atoms with Crippen molar-refractivity contribution in [2.45, 2.75) is 50.0 Å². The predicted molar refractivity (Wildman–Crippen MR) is 113 cm³/mol. The highest BCUT2D eigenvalue weighted by Gasteiger charge is 2.57. The van der Waals surface area contributed by atoms with E-state index in [1.54, 1.807) is 6.07 Å². The third-order valence-corrected chi connectivity index (χ3v) is 7.35. The Balaban J connectivity index is 1.76. The van der Waals surface area contributed by atoms with Crippen molar-refractivity contribution >= 4 is 28.2 Å². The largest absolute Gasteiger partial charge is 0.508 e. The molecule has 2 aromatic rings. The number of fused-ring (bicyclic) bond motifs is 3. The Morgan fingerprint density at radius 3 is 2.41 bits per heavy atom. The van der Waals surface area contributed by atoms with Crippen LogP contribution in [0.4, 0.5) is 0 Å². The lowest BCUT2D eigenvalue weighted by Crippen LogP contribution is -2.56. The number of hydrogen-bond donors (Lipinski definition) is 5. The summed E-state index contributed by atoms with van der Waals surface area (Å²) in [6.07, 6.45) is 3.83. The van der Waals surface area contributed by atoms with Crippen LogP contribution in [0.2, 0.25) is 0 Å². The number of rotatable bonds is 2. The van der Waals surface area contributed by atoms with E-state index in [0.717, 1.165) is 31.2 Å². The molecule has 8 nitrogen and oxygen atoms in total. The van der Waals surface area contributed by atoms with Crippen LogP contribution in [0.25, 0.3) is 10.8 Å². The van der Waals surface area contributed by atoms with Gasteiger partial charge in [0.2, 0.25) is 5.78 Å². The lowest BCUT2D eigenvalue weighted by molar-refractivity contribution is -0.125. The van der Waals surface area contributed by atoms with E-state index in [1.165, 1.54) is 6.07 Å². The number of carbonyl (C=O) groups is 3. The van der Waals surface area contributed by atoms with Crippen LogP contribution in [0, 0.1) is 5.92 Å². The Hall–Kier alpha value is -3.39. The molecule has 2 aromatic carbocycles. The van der Waals surface area contributed by atoms with Crippen LogP contribution in [0.15, 0.2) is 29.5 Å². The Morgan fingerprint density at radius 2 is 1.75 bits per heavy atom. The summed E-state index contributed by atoms with van der Waals surface area (Å²) in [5.41, 5.74) is 2.98. The fraction of sp³-hybridized carbons (Fsp3) is 0.375. The van der Waals surface area contributed by atoms with Gasteiger partial charge in [0.05, 0.1) is 10.9 Å². The van der Waals surface area contributed by atoms with Crippen LogP contribution >= 0.6 is 0 Å². The zero-order chi connectivity index (χ0) is 22.9. The number of ketones is 2. The maximum absolute atomic E-state index is 13.4. The molecule has 0 radical (unpaired) electrons. The number of aromatic hydroxyl groups is 2. The summed E-state index contributed by atoms with van der Waals surface area (Å²) in [6, 6.07) is 5.04. The molecule has 0 aliphatic heterocycles. The van der Waals surface area contributed by atoms with Gasteiger partial charge in [-0.25, -0.2) is 0 Å². The quantitative estimate of drug-likeness (QED) is 0.451. The van der Waals surface area contributed by atoms with E-state index in [0.29, 0.717) is 10.9 Å². The maximum atomic E-state index is 13.4. The molecule has 2 atom stereocenters. The zero-order valence-electron chi connectivity index (χ0n) is 17.2. The molecule has 3 aliphatic carbocycles. The number of aliphatic hydroxyl groups is 2. The predicted octanol–water partition coefficient (Wildman–Crippen LogP) is 2.26. The first-order valence-electron chi connectivity index (χ1n) is 10.7. The van der Waals surface area contributed by atoms with Crippen LogP contribution in [0.1, 0.15) is 59.5 Å². The summed E-state index contributed by atoms with van der Waals surface area (Å²) in [6.45, 7) is 0. The number of aliphatic hydroxyl groups excluding tert-OH is 1. The van der Waals surface area contributed by atoms with E-state index in [2.05, 4.69) is 0 Å². The summed E-state index contributed by atoms with van der Waals surface area (Å²) < 4.78 is 0. The summed E-state index contributed by atoms with van der Waals surface area (Å²) >= 11 is 0. The lowest BCUT2D eigenvalue weighted by Gasteiger charge is -2.41. The lowest BCUT2D eigenvalue weighted by atomic mass is 9.64. The van der Waals surface area contributed by atoms with E-state index in [-0.39, 0.29) is 35.5 Å². The minimum atomic E-state index is -2.56. The van der Waals surface area contributed by atoms with Crippen molar-refractivity contribution in [2.75, 3.05) is 0 Å². The van der Waals surface area contributed by atoms with Crippen LogP contribution in [0.5, 0.6) is 11.5 Å². The van der Waals surface area contributed by atoms with Gasteiger partial charge in [-0.05, 0) is 53.8 Å². The molecule has 0 aromatic heterocycles. The summed E-state index contributed by atoms with van der Waals surface area (Å²) in [5, 5.41) is 44.1. The summed E-state index contributed by atoms with van der Waals surface area (Å²) in [5.74, 6) is -5.52. The first-order valence-corrected chi connectivity index (χ1v) is 10.7. The number of hydrogen-bond acceptors (Lipinski definition) is 7. The van der Waals surface area contributed by atoms with Gasteiger partial charge in [-0.15, -0.1) is 0 Å². The van der Waals surface area contributed by atoms with E-state index < -0.39 is 46.1 Å². The van der Waals surface area contributed by atoms with Gasteiger partial charge in [0.1, 0.15) is 22.8 Å². The average Bonchev–Trinajstić information content (AvgIpc) is 3.25. The minimum Gasteiger partial charge on any atom is -0.508 e. The molecule has 32 heavy (non-hydrogen) atoms. The Labute approximate surface area is 183 Å². The van der Waals surface area contributed by atoms with E-state index >= 15 is 0 Å². The Bertz CT molecular complexity index is 1250. The molecule has 3 aliphatic rings. The molecular weight excluding hydrogens is 414 g/mol. The highest BCUT2D eigenvalue weighted by atomic mass is 16.3. The van der Waals surface area contributed by atoms with Gasteiger partial charge in [0.25, 0.3) is 5.91 Å². The number of Topliss-reactive ketones (excluding diaryl/α,β-unsaturated/α-hetero) is 2. The molecule has 8 heteroatoms. The van der Waals surface area contributed by atoms with Crippen molar-refractivity contribution in [2.24, 2.45) is 11.7 Å². The molecule has 1 saturated carbocycles. The normalized spacial score (nSPS) is 25.8. The van der Waals surface area contributed by atoms with Crippen LogP contribution in [0.3, 0.4) is 0 Å².